The maximum absolute atomic E-state index is 13.4. The third-order valence-electron chi connectivity index (χ3n) is 2.70. The molecule has 96 valence electrons. The Labute approximate surface area is 101 Å². The number of aliphatic hydroxyl groups excluding tert-OH is 1. The molecule has 0 spiro atoms. The smallest absolute Gasteiger partial charge is 0.129 e. The molecule has 0 saturated heterocycles. The molecule has 0 amide bonds. The molecule has 0 aromatic heterocycles. The van der Waals surface area contributed by atoms with Crippen LogP contribution in [0.25, 0.3) is 0 Å². The van der Waals surface area contributed by atoms with Crippen LogP contribution in [0.4, 0.5) is 8.78 Å². The van der Waals surface area contributed by atoms with Crippen molar-refractivity contribution in [1.82, 2.24) is 4.90 Å². The highest BCUT2D eigenvalue weighted by Crippen LogP contribution is 2.19. The van der Waals surface area contributed by atoms with Crippen LogP contribution in [0.1, 0.15) is 31.4 Å². The fourth-order valence-corrected chi connectivity index (χ4v) is 1.68. The van der Waals surface area contributed by atoms with Crippen molar-refractivity contribution in [2.24, 2.45) is 0 Å². The summed E-state index contributed by atoms with van der Waals surface area (Å²) in [5, 5.41) is 9.85. The van der Waals surface area contributed by atoms with Crippen molar-refractivity contribution in [2.45, 2.75) is 25.9 Å². The van der Waals surface area contributed by atoms with E-state index < -0.39 is 17.7 Å². The molecule has 1 aromatic rings. The zero-order chi connectivity index (χ0) is 12.8. The average molecular weight is 243 g/mol. The Morgan fingerprint density at radius 3 is 2.71 bits per heavy atom. The predicted molar refractivity (Wildman–Crippen MR) is 63.7 cm³/mol. The Morgan fingerprint density at radius 2 is 2.06 bits per heavy atom. The summed E-state index contributed by atoms with van der Waals surface area (Å²) in [6, 6.07) is 3.14. The quantitative estimate of drug-likeness (QED) is 0.830. The van der Waals surface area contributed by atoms with Crippen LogP contribution in [-0.2, 0) is 0 Å². The first-order chi connectivity index (χ1) is 8.04. The normalized spacial score (nSPS) is 13.1. The minimum absolute atomic E-state index is 0.0216. The lowest BCUT2D eigenvalue weighted by Crippen LogP contribution is -2.26. The molecule has 0 bridgehead atoms. The van der Waals surface area contributed by atoms with Crippen molar-refractivity contribution in [3.05, 3.63) is 35.4 Å². The van der Waals surface area contributed by atoms with E-state index in [9.17, 15) is 13.9 Å². The molecule has 0 fully saturated rings. The number of hydrogen-bond donors (Lipinski definition) is 1. The highest BCUT2D eigenvalue weighted by atomic mass is 19.1. The van der Waals surface area contributed by atoms with Gasteiger partial charge in [0.15, 0.2) is 0 Å². The van der Waals surface area contributed by atoms with Gasteiger partial charge in [-0.3, -0.25) is 0 Å². The molecule has 0 aliphatic rings. The molecule has 1 atom stereocenters. The van der Waals surface area contributed by atoms with E-state index in [-0.39, 0.29) is 5.56 Å². The zero-order valence-corrected chi connectivity index (χ0v) is 10.3. The van der Waals surface area contributed by atoms with Crippen LogP contribution in [0.2, 0.25) is 0 Å². The Morgan fingerprint density at radius 1 is 1.35 bits per heavy atom. The fraction of sp³-hybridized carbons (Fsp3) is 0.538. The van der Waals surface area contributed by atoms with Gasteiger partial charge in [0.25, 0.3) is 0 Å². The molecule has 1 N–H and O–H groups in total. The van der Waals surface area contributed by atoms with Gasteiger partial charge < -0.3 is 10.0 Å². The summed E-state index contributed by atoms with van der Waals surface area (Å²) in [6.45, 7) is 3.22. The number of unbranched alkanes of at least 4 members (excludes halogenated alkanes) is 1. The van der Waals surface area contributed by atoms with Crippen LogP contribution < -0.4 is 0 Å². The van der Waals surface area contributed by atoms with Crippen LogP contribution in [0.3, 0.4) is 0 Å². The van der Waals surface area contributed by atoms with Crippen LogP contribution in [0.15, 0.2) is 18.2 Å². The van der Waals surface area contributed by atoms with Crippen molar-refractivity contribution in [3.63, 3.8) is 0 Å². The first-order valence-corrected chi connectivity index (χ1v) is 5.86. The van der Waals surface area contributed by atoms with Gasteiger partial charge in [0, 0.05) is 12.1 Å². The van der Waals surface area contributed by atoms with Crippen molar-refractivity contribution in [2.75, 3.05) is 20.1 Å². The van der Waals surface area contributed by atoms with Gasteiger partial charge in [0.1, 0.15) is 11.6 Å². The molecular formula is C13H19F2NO. The molecule has 1 unspecified atom stereocenters. The standard InChI is InChI=1S/C13H19F2NO/c1-3-4-7-16(2)9-13(17)11-8-10(14)5-6-12(11)15/h5-6,8,13,17H,3-4,7,9H2,1-2H3. The first kappa shape index (κ1) is 14.1. The monoisotopic (exact) mass is 243 g/mol. The highest BCUT2D eigenvalue weighted by molar-refractivity contribution is 5.21. The summed E-state index contributed by atoms with van der Waals surface area (Å²) in [7, 11) is 1.86. The van der Waals surface area contributed by atoms with Gasteiger partial charge in [-0.15, -0.1) is 0 Å². The molecule has 1 rings (SSSR count). The van der Waals surface area contributed by atoms with E-state index in [1.807, 2.05) is 11.9 Å². The highest BCUT2D eigenvalue weighted by Gasteiger charge is 2.15. The zero-order valence-electron chi connectivity index (χ0n) is 10.3. The summed E-state index contributed by atoms with van der Waals surface area (Å²) in [5.74, 6) is -1.10. The molecule has 0 aliphatic carbocycles. The van der Waals surface area contributed by atoms with Gasteiger partial charge >= 0.3 is 0 Å². The van der Waals surface area contributed by atoms with E-state index in [4.69, 9.17) is 0 Å². The largest absolute Gasteiger partial charge is 0.387 e. The molecule has 2 nitrogen and oxygen atoms in total. The van der Waals surface area contributed by atoms with Crippen LogP contribution >= 0.6 is 0 Å². The number of benzene rings is 1. The fourth-order valence-electron chi connectivity index (χ4n) is 1.68. The van der Waals surface area contributed by atoms with Crippen LogP contribution in [-0.4, -0.2) is 30.1 Å². The van der Waals surface area contributed by atoms with E-state index in [0.29, 0.717) is 6.54 Å². The number of aliphatic hydroxyl groups is 1. The molecule has 0 aliphatic heterocycles. The third-order valence-corrected chi connectivity index (χ3v) is 2.70. The van der Waals surface area contributed by atoms with Gasteiger partial charge in [-0.1, -0.05) is 13.3 Å². The second-order valence-electron chi connectivity index (χ2n) is 4.30. The lowest BCUT2D eigenvalue weighted by Gasteiger charge is -2.20. The topological polar surface area (TPSA) is 23.5 Å². The van der Waals surface area contributed by atoms with Crippen molar-refractivity contribution >= 4 is 0 Å². The first-order valence-electron chi connectivity index (χ1n) is 5.86. The number of rotatable bonds is 6. The molecule has 0 saturated carbocycles. The van der Waals surface area contributed by atoms with Gasteiger partial charge in [-0.25, -0.2) is 8.78 Å². The Hall–Kier alpha value is -1.00. The second-order valence-corrected chi connectivity index (χ2v) is 4.30. The number of likely N-dealkylation sites (N-methyl/N-ethyl adjacent to an activating group) is 1. The molecular weight excluding hydrogens is 224 g/mol. The summed E-state index contributed by atoms with van der Waals surface area (Å²) < 4.78 is 26.3. The number of nitrogens with zero attached hydrogens (tertiary/aromatic N) is 1. The lowest BCUT2D eigenvalue weighted by molar-refractivity contribution is 0.122. The maximum Gasteiger partial charge on any atom is 0.129 e. The van der Waals surface area contributed by atoms with E-state index in [1.54, 1.807) is 0 Å². The van der Waals surface area contributed by atoms with Crippen LogP contribution in [0, 0.1) is 11.6 Å². The van der Waals surface area contributed by atoms with Gasteiger partial charge in [-0.2, -0.15) is 0 Å². The molecule has 0 heterocycles. The lowest BCUT2D eigenvalue weighted by atomic mass is 10.1. The third kappa shape index (κ3) is 4.40. The van der Waals surface area contributed by atoms with E-state index in [1.165, 1.54) is 0 Å². The van der Waals surface area contributed by atoms with E-state index in [2.05, 4.69) is 6.92 Å². The van der Waals surface area contributed by atoms with Crippen molar-refractivity contribution in [3.8, 4) is 0 Å². The Balaban J connectivity index is 2.62. The molecule has 0 radical (unpaired) electrons. The second kappa shape index (κ2) is 6.67. The minimum atomic E-state index is -0.993. The predicted octanol–water partition coefficient (Wildman–Crippen LogP) is 2.73. The number of halogens is 2. The van der Waals surface area contributed by atoms with Gasteiger partial charge in [-0.05, 0) is 38.2 Å². The summed E-state index contributed by atoms with van der Waals surface area (Å²) in [4.78, 5) is 1.92. The van der Waals surface area contributed by atoms with Crippen molar-refractivity contribution < 1.29 is 13.9 Å². The minimum Gasteiger partial charge on any atom is -0.387 e. The molecule has 4 heteroatoms. The Bertz CT molecular complexity index is 357. The van der Waals surface area contributed by atoms with Gasteiger partial charge in [0.2, 0.25) is 0 Å². The number of hydrogen-bond acceptors (Lipinski definition) is 2. The van der Waals surface area contributed by atoms with Crippen LogP contribution in [0.5, 0.6) is 0 Å². The average Bonchev–Trinajstić information content (AvgIpc) is 2.29. The summed E-state index contributed by atoms with van der Waals surface area (Å²) >= 11 is 0. The summed E-state index contributed by atoms with van der Waals surface area (Å²) in [6.07, 6.45) is 1.09. The van der Waals surface area contributed by atoms with E-state index >= 15 is 0 Å². The summed E-state index contributed by atoms with van der Waals surface area (Å²) in [5.41, 5.74) is 0.0216. The van der Waals surface area contributed by atoms with Crippen molar-refractivity contribution in [1.29, 1.82) is 0 Å². The van der Waals surface area contributed by atoms with Gasteiger partial charge in [0.05, 0.1) is 6.10 Å². The Kier molecular flexibility index (Phi) is 5.51. The molecule has 17 heavy (non-hydrogen) atoms. The van der Waals surface area contributed by atoms with E-state index in [0.717, 1.165) is 37.6 Å². The maximum atomic E-state index is 13.4. The molecule has 1 aromatic carbocycles. The SMILES string of the molecule is CCCCN(C)CC(O)c1cc(F)ccc1F.